The van der Waals surface area contributed by atoms with Crippen LogP contribution in [-0.2, 0) is 4.74 Å². The van der Waals surface area contributed by atoms with Gasteiger partial charge in [0.1, 0.15) is 5.60 Å². The molecular weight excluding hydrogens is 276 g/mol. The van der Waals surface area contributed by atoms with Crippen LogP contribution >= 0.6 is 0 Å². The molecule has 1 unspecified atom stereocenters. The molecule has 1 aromatic rings. The molecule has 1 fully saturated rings. The Balaban J connectivity index is 2.02. The van der Waals surface area contributed by atoms with E-state index in [2.05, 4.69) is 43.4 Å². The topological polar surface area (TPSA) is 41.6 Å². The summed E-state index contributed by atoms with van der Waals surface area (Å²) in [5.74, 6) is 0.534. The molecule has 122 valence electrons. The fraction of sp³-hybridized carbons (Fsp3) is 0.611. The zero-order chi connectivity index (χ0) is 16.3. The molecule has 22 heavy (non-hydrogen) atoms. The maximum atomic E-state index is 12.2. The third kappa shape index (κ3) is 4.47. The van der Waals surface area contributed by atoms with Crippen molar-refractivity contribution in [2.24, 2.45) is 0 Å². The average Bonchev–Trinajstić information content (AvgIpc) is 2.46. The van der Waals surface area contributed by atoms with Gasteiger partial charge in [-0.05, 0) is 37.8 Å². The van der Waals surface area contributed by atoms with Crippen LogP contribution in [0, 0.1) is 0 Å². The number of nitrogens with one attached hydrogen (secondary N) is 1. The van der Waals surface area contributed by atoms with Crippen molar-refractivity contribution in [1.29, 1.82) is 0 Å². The van der Waals surface area contributed by atoms with E-state index in [1.165, 1.54) is 11.1 Å². The lowest BCUT2D eigenvalue weighted by Gasteiger charge is -2.35. The highest BCUT2D eigenvalue weighted by atomic mass is 16.6. The predicted molar refractivity (Wildman–Crippen MR) is 89.1 cm³/mol. The monoisotopic (exact) mass is 304 g/mol. The Hall–Kier alpha value is -1.55. The number of carbonyl (C=O) groups is 1. The molecule has 4 nitrogen and oxygen atoms in total. The minimum Gasteiger partial charge on any atom is -0.444 e. The van der Waals surface area contributed by atoms with Crippen molar-refractivity contribution < 1.29 is 9.53 Å². The number of ether oxygens (including phenoxy) is 1. The molecular formula is C18H28N2O2. The summed E-state index contributed by atoms with van der Waals surface area (Å²) in [6.45, 7) is 12.2. The second kappa shape index (κ2) is 6.69. The Labute approximate surface area is 133 Å². The summed E-state index contributed by atoms with van der Waals surface area (Å²) in [5.41, 5.74) is 2.11. The summed E-state index contributed by atoms with van der Waals surface area (Å²) < 4.78 is 5.47. The largest absolute Gasteiger partial charge is 0.444 e. The standard InChI is InChI=1S/C18H28N2O2/c1-13(2)14-6-8-15(9-7-14)16-12-20(11-10-19-16)17(21)22-18(3,4)5/h6-9,13,16,19H,10-12H2,1-5H3. The summed E-state index contributed by atoms with van der Waals surface area (Å²) in [4.78, 5) is 14.0. The highest BCUT2D eigenvalue weighted by Gasteiger charge is 2.27. The van der Waals surface area contributed by atoms with Crippen LogP contribution in [0.5, 0.6) is 0 Å². The number of amides is 1. The van der Waals surface area contributed by atoms with Crippen LogP contribution in [0.2, 0.25) is 0 Å². The van der Waals surface area contributed by atoms with Gasteiger partial charge in [-0.1, -0.05) is 38.1 Å². The molecule has 2 rings (SSSR count). The van der Waals surface area contributed by atoms with Crippen LogP contribution in [-0.4, -0.2) is 36.2 Å². The van der Waals surface area contributed by atoms with Crippen molar-refractivity contribution in [3.63, 3.8) is 0 Å². The van der Waals surface area contributed by atoms with Crippen LogP contribution in [0.3, 0.4) is 0 Å². The highest BCUT2D eigenvalue weighted by Crippen LogP contribution is 2.22. The molecule has 1 atom stereocenters. The summed E-state index contributed by atoms with van der Waals surface area (Å²) in [5, 5.41) is 3.48. The van der Waals surface area contributed by atoms with E-state index in [-0.39, 0.29) is 12.1 Å². The van der Waals surface area contributed by atoms with E-state index in [1.807, 2.05) is 20.8 Å². The summed E-state index contributed by atoms with van der Waals surface area (Å²) >= 11 is 0. The van der Waals surface area contributed by atoms with Gasteiger partial charge >= 0.3 is 6.09 Å². The molecule has 0 saturated carbocycles. The molecule has 1 N–H and O–H groups in total. The Bertz CT molecular complexity index is 503. The smallest absolute Gasteiger partial charge is 0.410 e. The molecule has 1 saturated heterocycles. The van der Waals surface area contributed by atoms with Gasteiger partial charge < -0.3 is 15.0 Å². The van der Waals surface area contributed by atoms with Gasteiger partial charge in [0, 0.05) is 19.6 Å². The molecule has 0 spiro atoms. The van der Waals surface area contributed by atoms with Crippen LogP contribution in [0.25, 0.3) is 0 Å². The van der Waals surface area contributed by atoms with E-state index in [4.69, 9.17) is 4.74 Å². The number of carbonyl (C=O) groups excluding carboxylic acids is 1. The predicted octanol–water partition coefficient (Wildman–Crippen LogP) is 3.69. The first-order valence-corrected chi connectivity index (χ1v) is 8.07. The van der Waals surface area contributed by atoms with Crippen LogP contribution < -0.4 is 5.32 Å². The lowest BCUT2D eigenvalue weighted by molar-refractivity contribution is 0.0195. The lowest BCUT2D eigenvalue weighted by Crippen LogP contribution is -2.49. The second-order valence-corrected chi connectivity index (χ2v) is 7.25. The third-order valence-corrected chi connectivity index (χ3v) is 3.83. The van der Waals surface area contributed by atoms with Gasteiger partial charge in [-0.25, -0.2) is 4.79 Å². The first-order valence-electron chi connectivity index (χ1n) is 8.07. The van der Waals surface area contributed by atoms with Gasteiger partial charge in [0.2, 0.25) is 0 Å². The van der Waals surface area contributed by atoms with Crippen molar-refractivity contribution in [1.82, 2.24) is 10.2 Å². The zero-order valence-electron chi connectivity index (χ0n) is 14.3. The molecule has 0 radical (unpaired) electrons. The minimum atomic E-state index is -0.448. The van der Waals surface area contributed by atoms with Crippen LogP contribution in [0.15, 0.2) is 24.3 Å². The second-order valence-electron chi connectivity index (χ2n) is 7.25. The molecule has 0 aliphatic carbocycles. The summed E-state index contributed by atoms with van der Waals surface area (Å²) in [7, 11) is 0. The molecule has 1 aliphatic rings. The van der Waals surface area contributed by atoms with Gasteiger partial charge in [-0.3, -0.25) is 0 Å². The number of hydrogen-bond acceptors (Lipinski definition) is 3. The number of rotatable bonds is 2. The van der Waals surface area contributed by atoms with Crippen molar-refractivity contribution >= 4 is 6.09 Å². The van der Waals surface area contributed by atoms with Crippen molar-refractivity contribution in [3.05, 3.63) is 35.4 Å². The number of benzene rings is 1. The molecule has 1 heterocycles. The SMILES string of the molecule is CC(C)c1ccc(C2CN(C(=O)OC(C)(C)C)CCN2)cc1. The quantitative estimate of drug-likeness (QED) is 0.906. The summed E-state index contributed by atoms with van der Waals surface area (Å²) in [6, 6.07) is 8.84. The van der Waals surface area contributed by atoms with E-state index in [0.717, 1.165) is 6.54 Å². The fourth-order valence-electron chi connectivity index (χ4n) is 2.58. The average molecular weight is 304 g/mol. The van der Waals surface area contributed by atoms with E-state index in [0.29, 0.717) is 19.0 Å². The molecule has 1 aromatic carbocycles. The molecule has 0 bridgehead atoms. The first-order chi connectivity index (χ1) is 10.3. The minimum absolute atomic E-state index is 0.169. The van der Waals surface area contributed by atoms with Crippen molar-refractivity contribution in [2.45, 2.75) is 52.2 Å². The van der Waals surface area contributed by atoms with Gasteiger partial charge in [0.25, 0.3) is 0 Å². The summed E-state index contributed by atoms with van der Waals surface area (Å²) in [6.07, 6.45) is -0.224. The zero-order valence-corrected chi connectivity index (χ0v) is 14.3. The maximum absolute atomic E-state index is 12.2. The Morgan fingerprint density at radius 1 is 1.27 bits per heavy atom. The number of nitrogens with zero attached hydrogens (tertiary/aromatic N) is 1. The van der Waals surface area contributed by atoms with Gasteiger partial charge in [0.05, 0.1) is 6.04 Å². The normalized spacial score (nSPS) is 19.4. The molecule has 1 aliphatic heterocycles. The lowest BCUT2D eigenvalue weighted by atomic mass is 9.98. The van der Waals surface area contributed by atoms with E-state index < -0.39 is 5.60 Å². The van der Waals surface area contributed by atoms with Crippen molar-refractivity contribution in [2.75, 3.05) is 19.6 Å². The first kappa shape index (κ1) is 16.8. The fourth-order valence-corrected chi connectivity index (χ4v) is 2.58. The number of piperazine rings is 1. The van der Waals surface area contributed by atoms with E-state index >= 15 is 0 Å². The Kier molecular flexibility index (Phi) is 5.12. The molecule has 0 aromatic heterocycles. The van der Waals surface area contributed by atoms with E-state index in [9.17, 15) is 4.79 Å². The third-order valence-electron chi connectivity index (χ3n) is 3.83. The van der Waals surface area contributed by atoms with E-state index in [1.54, 1.807) is 4.90 Å². The Morgan fingerprint density at radius 3 is 2.45 bits per heavy atom. The Morgan fingerprint density at radius 2 is 1.91 bits per heavy atom. The molecule has 4 heteroatoms. The molecule has 1 amide bonds. The highest BCUT2D eigenvalue weighted by molar-refractivity contribution is 5.68. The van der Waals surface area contributed by atoms with Gasteiger partial charge in [-0.15, -0.1) is 0 Å². The van der Waals surface area contributed by atoms with Crippen LogP contribution in [0.1, 0.15) is 57.7 Å². The van der Waals surface area contributed by atoms with Crippen LogP contribution in [0.4, 0.5) is 4.79 Å². The van der Waals surface area contributed by atoms with Gasteiger partial charge in [-0.2, -0.15) is 0 Å². The maximum Gasteiger partial charge on any atom is 0.410 e. The number of hydrogen-bond donors (Lipinski definition) is 1. The van der Waals surface area contributed by atoms with Crippen molar-refractivity contribution in [3.8, 4) is 0 Å². The van der Waals surface area contributed by atoms with Gasteiger partial charge in [0.15, 0.2) is 0 Å².